The molecule has 5 nitrogen and oxygen atoms in total. The third-order valence-electron chi connectivity index (χ3n) is 3.16. The number of oxazole rings is 1. The van der Waals surface area contributed by atoms with Gasteiger partial charge in [0.15, 0.2) is 5.58 Å². The normalized spacial score (nSPS) is 25.4. The van der Waals surface area contributed by atoms with Crippen LogP contribution in [-0.4, -0.2) is 35.1 Å². The molecule has 0 bridgehead atoms. The number of hydrogen-bond acceptors (Lipinski definition) is 5. The summed E-state index contributed by atoms with van der Waals surface area (Å²) in [6, 6.07) is 5.28. The molecule has 0 aliphatic carbocycles. The quantitative estimate of drug-likeness (QED) is 0.805. The predicted octanol–water partition coefficient (Wildman–Crippen LogP) is 1.41. The van der Waals surface area contributed by atoms with E-state index in [1.165, 1.54) is 0 Å². The Balaban J connectivity index is 1.96. The largest absolute Gasteiger partial charge is 0.422 e. The van der Waals surface area contributed by atoms with Gasteiger partial charge < -0.3 is 14.6 Å². The fourth-order valence-corrected chi connectivity index (χ4v) is 2.17. The van der Waals surface area contributed by atoms with E-state index in [0.29, 0.717) is 23.7 Å². The number of nitrogens with one attached hydrogen (secondary N) is 1. The molecule has 1 N–H and O–H groups in total. The van der Waals surface area contributed by atoms with Crippen molar-refractivity contribution in [3.05, 3.63) is 18.3 Å². The molecule has 90 valence electrons. The second-order valence-corrected chi connectivity index (χ2v) is 4.63. The van der Waals surface area contributed by atoms with Crippen molar-refractivity contribution in [3.8, 4) is 0 Å². The molecule has 1 saturated heterocycles. The highest BCUT2D eigenvalue weighted by atomic mass is 16.4. The van der Waals surface area contributed by atoms with Gasteiger partial charge in [-0.05, 0) is 26.0 Å². The highest BCUT2D eigenvalue weighted by Crippen LogP contribution is 2.23. The van der Waals surface area contributed by atoms with Gasteiger partial charge in [-0.2, -0.15) is 4.98 Å². The summed E-state index contributed by atoms with van der Waals surface area (Å²) >= 11 is 0. The van der Waals surface area contributed by atoms with Crippen molar-refractivity contribution in [1.82, 2.24) is 15.3 Å². The molecule has 17 heavy (non-hydrogen) atoms. The summed E-state index contributed by atoms with van der Waals surface area (Å²) in [5.74, 6) is 0. The molecule has 5 heteroatoms. The topological polar surface area (TPSA) is 54.2 Å². The number of fused-ring (bicyclic) bond motifs is 1. The van der Waals surface area contributed by atoms with Gasteiger partial charge in [-0.1, -0.05) is 0 Å². The minimum atomic E-state index is 0.388. The van der Waals surface area contributed by atoms with Gasteiger partial charge in [-0.15, -0.1) is 0 Å². The Bertz CT molecular complexity index is 491. The first kappa shape index (κ1) is 10.5. The molecule has 0 aromatic carbocycles. The summed E-state index contributed by atoms with van der Waals surface area (Å²) < 4.78 is 5.75. The first-order valence-corrected chi connectivity index (χ1v) is 5.95. The molecule has 3 heterocycles. The maximum absolute atomic E-state index is 5.75. The van der Waals surface area contributed by atoms with Crippen LogP contribution in [0.4, 0.5) is 6.01 Å². The fourth-order valence-electron chi connectivity index (χ4n) is 2.17. The molecule has 1 aliphatic rings. The second-order valence-electron chi connectivity index (χ2n) is 4.63. The van der Waals surface area contributed by atoms with E-state index in [4.69, 9.17) is 4.42 Å². The average Bonchev–Trinajstić information content (AvgIpc) is 2.75. The third kappa shape index (κ3) is 1.86. The second kappa shape index (κ2) is 4.00. The predicted molar refractivity (Wildman–Crippen MR) is 66.1 cm³/mol. The summed E-state index contributed by atoms with van der Waals surface area (Å²) in [4.78, 5) is 10.8. The average molecular weight is 232 g/mol. The van der Waals surface area contributed by atoms with Crippen LogP contribution in [0.15, 0.2) is 22.7 Å². The van der Waals surface area contributed by atoms with E-state index in [-0.39, 0.29) is 0 Å². The van der Waals surface area contributed by atoms with Gasteiger partial charge in [-0.3, -0.25) is 0 Å². The van der Waals surface area contributed by atoms with Crippen LogP contribution >= 0.6 is 0 Å². The van der Waals surface area contributed by atoms with E-state index in [9.17, 15) is 0 Å². The van der Waals surface area contributed by atoms with Crippen LogP contribution in [0, 0.1) is 0 Å². The van der Waals surface area contributed by atoms with Crippen LogP contribution in [0.25, 0.3) is 11.2 Å². The zero-order chi connectivity index (χ0) is 11.8. The van der Waals surface area contributed by atoms with Crippen molar-refractivity contribution in [2.45, 2.75) is 25.9 Å². The molecule has 0 radical (unpaired) electrons. The Morgan fingerprint density at radius 1 is 1.47 bits per heavy atom. The summed E-state index contributed by atoms with van der Waals surface area (Å²) in [5, 5.41) is 3.44. The first-order valence-electron chi connectivity index (χ1n) is 5.95. The third-order valence-corrected chi connectivity index (χ3v) is 3.16. The lowest BCUT2D eigenvalue weighted by molar-refractivity contribution is 0.399. The molecule has 3 rings (SSSR count). The summed E-state index contributed by atoms with van der Waals surface area (Å²) in [5.41, 5.74) is 1.43. The lowest BCUT2D eigenvalue weighted by atomic mass is 10.1. The van der Waals surface area contributed by atoms with Crippen LogP contribution < -0.4 is 10.2 Å². The molecule has 0 saturated carbocycles. The summed E-state index contributed by atoms with van der Waals surface area (Å²) in [6.07, 6.45) is 1.73. The molecule has 2 aromatic rings. The Morgan fingerprint density at radius 3 is 3.18 bits per heavy atom. The Labute approximate surface area is 99.8 Å². The smallest absolute Gasteiger partial charge is 0.300 e. The Hall–Kier alpha value is -1.62. The fraction of sp³-hybridized carbons (Fsp3) is 0.500. The number of pyridine rings is 1. The molecule has 0 unspecified atom stereocenters. The number of piperazine rings is 1. The molecular formula is C12H16N4O. The van der Waals surface area contributed by atoms with E-state index in [1.807, 2.05) is 12.1 Å². The van der Waals surface area contributed by atoms with Crippen LogP contribution in [0.2, 0.25) is 0 Å². The van der Waals surface area contributed by atoms with E-state index in [2.05, 4.69) is 34.0 Å². The van der Waals surface area contributed by atoms with Crippen molar-refractivity contribution < 1.29 is 4.42 Å². The van der Waals surface area contributed by atoms with Gasteiger partial charge in [0.2, 0.25) is 5.65 Å². The van der Waals surface area contributed by atoms with Gasteiger partial charge >= 0.3 is 0 Å². The van der Waals surface area contributed by atoms with E-state index < -0.39 is 0 Å². The van der Waals surface area contributed by atoms with Crippen molar-refractivity contribution in [2.24, 2.45) is 0 Å². The van der Waals surface area contributed by atoms with Crippen LogP contribution in [0.1, 0.15) is 13.8 Å². The maximum atomic E-state index is 5.75. The molecule has 1 fully saturated rings. The number of anilines is 1. The molecule has 1 aliphatic heterocycles. The number of nitrogens with zero attached hydrogens (tertiary/aromatic N) is 3. The SMILES string of the molecule is C[C@@H]1CN(c2nc3ncccc3o2)[C@@H](C)CN1. The molecule has 0 spiro atoms. The van der Waals surface area contributed by atoms with Crippen molar-refractivity contribution in [2.75, 3.05) is 18.0 Å². The molecule has 2 aromatic heterocycles. The first-order chi connectivity index (χ1) is 8.24. The number of rotatable bonds is 1. The van der Waals surface area contributed by atoms with Gasteiger partial charge in [0, 0.05) is 31.4 Å². The van der Waals surface area contributed by atoms with E-state index >= 15 is 0 Å². The van der Waals surface area contributed by atoms with Gasteiger partial charge in [0.1, 0.15) is 0 Å². The highest BCUT2D eigenvalue weighted by molar-refractivity contribution is 5.69. The lowest BCUT2D eigenvalue weighted by Gasteiger charge is -2.36. The Morgan fingerprint density at radius 2 is 2.35 bits per heavy atom. The van der Waals surface area contributed by atoms with Crippen molar-refractivity contribution >= 4 is 17.2 Å². The zero-order valence-electron chi connectivity index (χ0n) is 10.1. The van der Waals surface area contributed by atoms with E-state index in [1.54, 1.807) is 6.20 Å². The highest BCUT2D eigenvalue weighted by Gasteiger charge is 2.26. The lowest BCUT2D eigenvalue weighted by Crippen LogP contribution is -2.54. The van der Waals surface area contributed by atoms with Crippen molar-refractivity contribution in [1.29, 1.82) is 0 Å². The zero-order valence-corrected chi connectivity index (χ0v) is 10.1. The Kier molecular flexibility index (Phi) is 2.48. The van der Waals surface area contributed by atoms with Gasteiger partial charge in [0.25, 0.3) is 6.01 Å². The monoisotopic (exact) mass is 232 g/mol. The van der Waals surface area contributed by atoms with Crippen LogP contribution in [-0.2, 0) is 0 Å². The standard InChI is InChI=1S/C12H16N4O/c1-8-7-16(9(2)6-14-8)12-15-11-10(17-12)4-3-5-13-11/h3-5,8-9,14H,6-7H2,1-2H3/t8-,9+/m1/s1. The minimum Gasteiger partial charge on any atom is -0.422 e. The minimum absolute atomic E-state index is 0.388. The van der Waals surface area contributed by atoms with Crippen LogP contribution in [0.3, 0.4) is 0 Å². The van der Waals surface area contributed by atoms with Gasteiger partial charge in [0.05, 0.1) is 0 Å². The number of hydrogen-bond donors (Lipinski definition) is 1. The van der Waals surface area contributed by atoms with Crippen molar-refractivity contribution in [3.63, 3.8) is 0 Å². The molecule has 2 atom stereocenters. The summed E-state index contributed by atoms with van der Waals surface area (Å²) in [6.45, 7) is 6.20. The molecular weight excluding hydrogens is 216 g/mol. The van der Waals surface area contributed by atoms with Crippen LogP contribution in [0.5, 0.6) is 0 Å². The van der Waals surface area contributed by atoms with E-state index in [0.717, 1.165) is 18.7 Å². The maximum Gasteiger partial charge on any atom is 0.300 e. The number of aromatic nitrogens is 2. The summed E-state index contributed by atoms with van der Waals surface area (Å²) in [7, 11) is 0. The van der Waals surface area contributed by atoms with Gasteiger partial charge in [-0.25, -0.2) is 4.98 Å². The molecule has 0 amide bonds.